The molecule has 0 saturated heterocycles. The summed E-state index contributed by atoms with van der Waals surface area (Å²) in [4.78, 5) is 4.34. The van der Waals surface area contributed by atoms with Crippen LogP contribution in [0.2, 0.25) is 0 Å². The summed E-state index contributed by atoms with van der Waals surface area (Å²) in [6, 6.07) is 11.9. The van der Waals surface area contributed by atoms with Crippen LogP contribution in [0.4, 0.5) is 4.39 Å². The molecule has 0 saturated carbocycles. The number of aromatic nitrogens is 1. The van der Waals surface area contributed by atoms with Crippen molar-refractivity contribution in [3.63, 3.8) is 0 Å². The van der Waals surface area contributed by atoms with Gasteiger partial charge in [0.25, 0.3) is 0 Å². The first-order valence-corrected chi connectivity index (χ1v) is 7.24. The summed E-state index contributed by atoms with van der Waals surface area (Å²) in [7, 11) is 0. The van der Waals surface area contributed by atoms with E-state index in [1.165, 1.54) is 0 Å². The first-order chi connectivity index (χ1) is 10.1. The van der Waals surface area contributed by atoms with Gasteiger partial charge in [0.2, 0.25) is 0 Å². The lowest BCUT2D eigenvalue weighted by atomic mass is 9.95. The fourth-order valence-corrected chi connectivity index (χ4v) is 2.74. The van der Waals surface area contributed by atoms with Gasteiger partial charge in [0.1, 0.15) is 5.82 Å². The van der Waals surface area contributed by atoms with E-state index < -0.39 is 0 Å². The number of hydrogen-bond acceptors (Lipinski definition) is 1. The molecular formula is C19H18FN. The molecule has 3 rings (SSSR count). The van der Waals surface area contributed by atoms with Gasteiger partial charge in [0.05, 0.1) is 0 Å². The van der Waals surface area contributed by atoms with E-state index in [2.05, 4.69) is 29.2 Å². The van der Waals surface area contributed by atoms with Gasteiger partial charge < -0.3 is 0 Å². The molecule has 2 aromatic carbocycles. The molecule has 0 amide bonds. The zero-order valence-electron chi connectivity index (χ0n) is 12.6. The highest BCUT2D eigenvalue weighted by molar-refractivity contribution is 5.87. The minimum Gasteiger partial charge on any atom is -0.261 e. The van der Waals surface area contributed by atoms with Gasteiger partial charge in [-0.25, -0.2) is 4.39 Å². The average Bonchev–Trinajstić information content (AvgIpc) is 2.48. The molecule has 21 heavy (non-hydrogen) atoms. The van der Waals surface area contributed by atoms with Crippen LogP contribution in [0.3, 0.4) is 0 Å². The van der Waals surface area contributed by atoms with Gasteiger partial charge in [0.15, 0.2) is 0 Å². The van der Waals surface area contributed by atoms with Gasteiger partial charge in [-0.05, 0) is 66.1 Å². The van der Waals surface area contributed by atoms with E-state index >= 15 is 0 Å². The number of benzene rings is 2. The van der Waals surface area contributed by atoms with E-state index in [1.807, 2.05) is 33.0 Å². The fraction of sp³-hybridized carbons (Fsp3) is 0.211. The van der Waals surface area contributed by atoms with Crippen molar-refractivity contribution in [1.29, 1.82) is 0 Å². The lowest BCUT2D eigenvalue weighted by Gasteiger charge is -2.10. The van der Waals surface area contributed by atoms with Crippen molar-refractivity contribution >= 4 is 10.8 Å². The summed E-state index contributed by atoms with van der Waals surface area (Å²) in [5.41, 5.74) is 4.87. The molecule has 0 fully saturated rings. The lowest BCUT2D eigenvalue weighted by Crippen LogP contribution is -1.93. The second-order valence-electron chi connectivity index (χ2n) is 5.50. The number of hydrogen-bond donors (Lipinski definition) is 0. The third-order valence-electron chi connectivity index (χ3n) is 3.94. The Kier molecular flexibility index (Phi) is 3.46. The molecule has 106 valence electrons. The molecule has 2 heteroatoms. The maximum absolute atomic E-state index is 14.1. The van der Waals surface area contributed by atoms with Crippen molar-refractivity contribution < 1.29 is 4.39 Å². The number of halogens is 1. The third-order valence-corrected chi connectivity index (χ3v) is 3.94. The minimum absolute atomic E-state index is 0.125. The van der Waals surface area contributed by atoms with E-state index in [4.69, 9.17) is 0 Å². The highest BCUT2D eigenvalue weighted by Gasteiger charge is 2.08. The number of nitrogens with zero attached hydrogens (tertiary/aromatic N) is 1. The largest absolute Gasteiger partial charge is 0.261 e. The van der Waals surface area contributed by atoms with E-state index in [0.717, 1.165) is 38.7 Å². The van der Waals surface area contributed by atoms with Gasteiger partial charge in [-0.1, -0.05) is 25.1 Å². The van der Waals surface area contributed by atoms with Crippen LogP contribution in [-0.4, -0.2) is 4.98 Å². The quantitative estimate of drug-likeness (QED) is 0.626. The number of rotatable bonds is 2. The maximum Gasteiger partial charge on any atom is 0.127 e. The SMILES string of the molecule is CCc1cc(C)c(-c2ccc3cc(C)ncc3c2)cc1F. The Morgan fingerprint density at radius 1 is 1.00 bits per heavy atom. The van der Waals surface area contributed by atoms with Crippen LogP contribution in [0, 0.1) is 19.7 Å². The van der Waals surface area contributed by atoms with Crippen LogP contribution in [0.25, 0.3) is 21.9 Å². The monoisotopic (exact) mass is 279 g/mol. The standard InChI is InChI=1S/C19H18FN/c1-4-14-7-12(2)18(10-19(14)20)16-6-5-15-8-13(3)21-11-17(15)9-16/h5-11H,4H2,1-3H3. The maximum atomic E-state index is 14.1. The molecule has 3 aromatic rings. The first-order valence-electron chi connectivity index (χ1n) is 7.24. The molecule has 0 unspecified atom stereocenters. The Morgan fingerprint density at radius 2 is 1.81 bits per heavy atom. The van der Waals surface area contributed by atoms with Crippen molar-refractivity contribution in [2.45, 2.75) is 27.2 Å². The van der Waals surface area contributed by atoms with E-state index in [1.54, 1.807) is 6.07 Å². The van der Waals surface area contributed by atoms with Gasteiger partial charge in [-0.2, -0.15) is 0 Å². The summed E-state index contributed by atoms with van der Waals surface area (Å²) in [5.74, 6) is -0.125. The molecule has 0 aliphatic rings. The number of fused-ring (bicyclic) bond motifs is 1. The van der Waals surface area contributed by atoms with E-state index in [-0.39, 0.29) is 5.82 Å². The average molecular weight is 279 g/mol. The molecule has 0 spiro atoms. The smallest absolute Gasteiger partial charge is 0.127 e. The van der Waals surface area contributed by atoms with Crippen molar-refractivity contribution in [2.24, 2.45) is 0 Å². The zero-order valence-corrected chi connectivity index (χ0v) is 12.6. The molecule has 0 atom stereocenters. The summed E-state index contributed by atoms with van der Waals surface area (Å²) in [5, 5.41) is 2.24. The van der Waals surface area contributed by atoms with E-state index in [9.17, 15) is 4.39 Å². The second kappa shape index (κ2) is 5.28. The summed E-state index contributed by atoms with van der Waals surface area (Å²) >= 11 is 0. The summed E-state index contributed by atoms with van der Waals surface area (Å²) in [6.07, 6.45) is 2.59. The normalized spacial score (nSPS) is 11.0. The van der Waals surface area contributed by atoms with Crippen molar-refractivity contribution in [3.8, 4) is 11.1 Å². The molecule has 1 heterocycles. The number of aryl methyl sites for hydroxylation is 3. The van der Waals surface area contributed by atoms with Crippen LogP contribution in [-0.2, 0) is 6.42 Å². The summed E-state index contributed by atoms with van der Waals surface area (Å²) < 4.78 is 14.1. The third kappa shape index (κ3) is 2.54. The van der Waals surface area contributed by atoms with Gasteiger partial charge in [-0.3, -0.25) is 4.98 Å². The van der Waals surface area contributed by atoms with Gasteiger partial charge in [0, 0.05) is 17.3 Å². The Balaban J connectivity index is 2.16. The van der Waals surface area contributed by atoms with Crippen LogP contribution >= 0.6 is 0 Å². The van der Waals surface area contributed by atoms with Crippen molar-refractivity contribution in [3.05, 3.63) is 65.2 Å². The molecule has 1 aromatic heterocycles. The summed E-state index contributed by atoms with van der Waals surface area (Å²) in [6.45, 7) is 5.99. The van der Waals surface area contributed by atoms with Crippen molar-refractivity contribution in [2.75, 3.05) is 0 Å². The first kappa shape index (κ1) is 13.7. The van der Waals surface area contributed by atoms with Crippen LogP contribution < -0.4 is 0 Å². The van der Waals surface area contributed by atoms with Crippen molar-refractivity contribution in [1.82, 2.24) is 4.98 Å². The minimum atomic E-state index is -0.125. The molecular weight excluding hydrogens is 261 g/mol. The van der Waals surface area contributed by atoms with E-state index in [0.29, 0.717) is 6.42 Å². The molecule has 0 bridgehead atoms. The highest BCUT2D eigenvalue weighted by atomic mass is 19.1. The molecule has 0 aliphatic heterocycles. The molecule has 0 N–H and O–H groups in total. The fourth-order valence-electron chi connectivity index (χ4n) is 2.74. The second-order valence-corrected chi connectivity index (χ2v) is 5.50. The Morgan fingerprint density at radius 3 is 2.57 bits per heavy atom. The predicted molar refractivity (Wildman–Crippen MR) is 86.0 cm³/mol. The van der Waals surface area contributed by atoms with Gasteiger partial charge >= 0.3 is 0 Å². The Hall–Kier alpha value is -2.22. The Labute approximate surface area is 124 Å². The number of pyridine rings is 1. The highest BCUT2D eigenvalue weighted by Crippen LogP contribution is 2.29. The molecule has 1 nitrogen and oxygen atoms in total. The van der Waals surface area contributed by atoms with Crippen LogP contribution in [0.1, 0.15) is 23.7 Å². The van der Waals surface area contributed by atoms with Gasteiger partial charge in [-0.15, -0.1) is 0 Å². The molecule has 0 radical (unpaired) electrons. The Bertz CT molecular complexity index is 821. The lowest BCUT2D eigenvalue weighted by molar-refractivity contribution is 0.612. The van der Waals surface area contributed by atoms with Crippen LogP contribution in [0.5, 0.6) is 0 Å². The van der Waals surface area contributed by atoms with Crippen LogP contribution in [0.15, 0.2) is 42.6 Å². The zero-order chi connectivity index (χ0) is 15.0. The molecule has 0 aliphatic carbocycles. The topological polar surface area (TPSA) is 12.9 Å². The predicted octanol–water partition coefficient (Wildman–Crippen LogP) is 5.22.